The maximum Gasteiger partial charge on any atom is 0.138 e. The van der Waals surface area contributed by atoms with Crippen molar-refractivity contribution in [3.05, 3.63) is 30.1 Å². The average molecular weight is 220 g/mol. The predicted molar refractivity (Wildman–Crippen MR) is 59.5 cm³/mol. The second-order valence-electron chi connectivity index (χ2n) is 3.72. The lowest BCUT2D eigenvalue weighted by atomic mass is 10.1. The second-order valence-corrected chi connectivity index (χ2v) is 3.72. The zero-order valence-electron chi connectivity index (χ0n) is 9.54. The quantitative estimate of drug-likeness (QED) is 0.802. The van der Waals surface area contributed by atoms with Crippen LogP contribution in [0.3, 0.4) is 0 Å². The molecule has 86 valence electrons. The van der Waals surface area contributed by atoms with Gasteiger partial charge in [0.15, 0.2) is 0 Å². The van der Waals surface area contributed by atoms with Gasteiger partial charge in [-0.3, -0.25) is 9.36 Å². The molecule has 2 rings (SSSR count). The van der Waals surface area contributed by atoms with E-state index in [1.807, 2.05) is 30.9 Å². The SMILES string of the molecule is CCn1ncnc1CC(N)c1ccn(C)n1. The Morgan fingerprint density at radius 3 is 2.94 bits per heavy atom. The lowest BCUT2D eigenvalue weighted by Gasteiger charge is -2.08. The molecule has 0 aliphatic rings. The molecule has 2 aromatic heterocycles. The van der Waals surface area contributed by atoms with Crippen LogP contribution in [0, 0.1) is 0 Å². The lowest BCUT2D eigenvalue weighted by molar-refractivity contribution is 0.570. The lowest BCUT2D eigenvalue weighted by Crippen LogP contribution is -2.17. The Morgan fingerprint density at radius 1 is 1.50 bits per heavy atom. The third-order valence-corrected chi connectivity index (χ3v) is 2.51. The molecule has 6 heteroatoms. The van der Waals surface area contributed by atoms with E-state index < -0.39 is 0 Å². The van der Waals surface area contributed by atoms with Crippen molar-refractivity contribution in [2.75, 3.05) is 0 Å². The first-order valence-electron chi connectivity index (χ1n) is 5.32. The molecule has 1 unspecified atom stereocenters. The standard InChI is InChI=1S/C10H16N6/c1-3-16-10(12-7-13-16)6-8(11)9-4-5-15(2)14-9/h4-5,7-8H,3,6,11H2,1-2H3. The Morgan fingerprint density at radius 2 is 2.31 bits per heavy atom. The van der Waals surface area contributed by atoms with Crippen LogP contribution >= 0.6 is 0 Å². The van der Waals surface area contributed by atoms with E-state index in [0.29, 0.717) is 6.42 Å². The van der Waals surface area contributed by atoms with Crippen molar-refractivity contribution in [2.24, 2.45) is 12.8 Å². The fourth-order valence-corrected chi connectivity index (χ4v) is 1.64. The molecule has 0 aliphatic carbocycles. The van der Waals surface area contributed by atoms with Crippen molar-refractivity contribution >= 4 is 0 Å². The maximum absolute atomic E-state index is 6.07. The number of hydrogen-bond acceptors (Lipinski definition) is 4. The van der Waals surface area contributed by atoms with E-state index in [9.17, 15) is 0 Å². The van der Waals surface area contributed by atoms with E-state index >= 15 is 0 Å². The minimum Gasteiger partial charge on any atom is -0.322 e. The van der Waals surface area contributed by atoms with Crippen LogP contribution in [0.5, 0.6) is 0 Å². The van der Waals surface area contributed by atoms with E-state index in [4.69, 9.17) is 5.73 Å². The summed E-state index contributed by atoms with van der Waals surface area (Å²) in [6.45, 7) is 2.84. The highest BCUT2D eigenvalue weighted by molar-refractivity contribution is 5.07. The number of hydrogen-bond donors (Lipinski definition) is 1. The average Bonchev–Trinajstić information content (AvgIpc) is 2.86. The van der Waals surface area contributed by atoms with Crippen molar-refractivity contribution in [3.8, 4) is 0 Å². The summed E-state index contributed by atoms with van der Waals surface area (Å²) in [6, 6.07) is 1.80. The van der Waals surface area contributed by atoms with Crippen molar-refractivity contribution in [1.82, 2.24) is 24.5 Å². The van der Waals surface area contributed by atoms with Crippen molar-refractivity contribution in [1.29, 1.82) is 0 Å². The second kappa shape index (κ2) is 4.44. The molecule has 2 N–H and O–H groups in total. The number of rotatable bonds is 4. The Balaban J connectivity index is 2.10. The van der Waals surface area contributed by atoms with Gasteiger partial charge >= 0.3 is 0 Å². The number of nitrogens with zero attached hydrogens (tertiary/aromatic N) is 5. The Labute approximate surface area is 94.1 Å². The van der Waals surface area contributed by atoms with Gasteiger partial charge in [0.05, 0.1) is 11.7 Å². The highest BCUT2D eigenvalue weighted by atomic mass is 15.3. The van der Waals surface area contributed by atoms with Crippen LogP contribution in [0.2, 0.25) is 0 Å². The maximum atomic E-state index is 6.07. The minimum absolute atomic E-state index is 0.129. The fourth-order valence-electron chi connectivity index (χ4n) is 1.64. The van der Waals surface area contributed by atoms with Gasteiger partial charge in [0, 0.05) is 26.2 Å². The minimum atomic E-state index is -0.129. The molecule has 16 heavy (non-hydrogen) atoms. The van der Waals surface area contributed by atoms with Crippen LogP contribution in [0.15, 0.2) is 18.6 Å². The summed E-state index contributed by atoms with van der Waals surface area (Å²) in [4.78, 5) is 4.20. The van der Waals surface area contributed by atoms with Gasteiger partial charge in [0.25, 0.3) is 0 Å². The third-order valence-electron chi connectivity index (χ3n) is 2.51. The number of nitrogens with two attached hydrogens (primary N) is 1. The van der Waals surface area contributed by atoms with E-state index in [1.54, 1.807) is 11.0 Å². The van der Waals surface area contributed by atoms with Gasteiger partial charge in [-0.2, -0.15) is 10.2 Å². The van der Waals surface area contributed by atoms with Gasteiger partial charge in [-0.05, 0) is 13.0 Å². The molecule has 1 atom stereocenters. The summed E-state index contributed by atoms with van der Waals surface area (Å²) >= 11 is 0. The number of aromatic nitrogens is 5. The normalized spacial score (nSPS) is 12.9. The predicted octanol–water partition coefficient (Wildman–Crippen LogP) is 0.274. The van der Waals surface area contributed by atoms with Crippen molar-refractivity contribution in [2.45, 2.75) is 25.9 Å². The summed E-state index contributed by atoms with van der Waals surface area (Å²) in [5.41, 5.74) is 6.95. The molecule has 0 radical (unpaired) electrons. The van der Waals surface area contributed by atoms with Gasteiger partial charge in [-0.25, -0.2) is 4.98 Å². The summed E-state index contributed by atoms with van der Waals surface area (Å²) < 4.78 is 3.60. The van der Waals surface area contributed by atoms with E-state index in [2.05, 4.69) is 15.2 Å². The van der Waals surface area contributed by atoms with Gasteiger partial charge in [-0.1, -0.05) is 0 Å². The molecular formula is C10H16N6. The Kier molecular flexibility index (Phi) is 3.00. The molecule has 0 spiro atoms. The molecule has 0 aliphatic heterocycles. The van der Waals surface area contributed by atoms with Gasteiger partial charge in [0.2, 0.25) is 0 Å². The smallest absolute Gasteiger partial charge is 0.138 e. The Hall–Kier alpha value is -1.69. The van der Waals surface area contributed by atoms with Crippen molar-refractivity contribution in [3.63, 3.8) is 0 Å². The van der Waals surface area contributed by atoms with Gasteiger partial charge in [0.1, 0.15) is 12.2 Å². The summed E-state index contributed by atoms with van der Waals surface area (Å²) in [6.07, 6.45) is 4.11. The molecule has 2 heterocycles. The van der Waals surface area contributed by atoms with E-state index in [-0.39, 0.29) is 6.04 Å². The number of aryl methyl sites for hydroxylation is 2. The third kappa shape index (κ3) is 2.11. The topological polar surface area (TPSA) is 74.6 Å². The largest absolute Gasteiger partial charge is 0.322 e. The van der Waals surface area contributed by atoms with Gasteiger partial charge < -0.3 is 5.73 Å². The molecule has 0 amide bonds. The Bertz CT molecular complexity index is 457. The highest BCUT2D eigenvalue weighted by Gasteiger charge is 2.13. The zero-order chi connectivity index (χ0) is 11.5. The molecular weight excluding hydrogens is 204 g/mol. The van der Waals surface area contributed by atoms with Crippen LogP contribution in [0.25, 0.3) is 0 Å². The first-order chi connectivity index (χ1) is 7.70. The zero-order valence-corrected chi connectivity index (χ0v) is 9.54. The fraction of sp³-hybridized carbons (Fsp3) is 0.500. The van der Waals surface area contributed by atoms with E-state index in [1.165, 1.54) is 0 Å². The molecule has 2 aromatic rings. The molecule has 0 fully saturated rings. The van der Waals surface area contributed by atoms with E-state index in [0.717, 1.165) is 18.1 Å². The van der Waals surface area contributed by atoms with Crippen LogP contribution in [0.1, 0.15) is 24.5 Å². The highest BCUT2D eigenvalue weighted by Crippen LogP contribution is 2.12. The molecule has 0 saturated heterocycles. The summed E-state index contributed by atoms with van der Waals surface area (Å²) in [7, 11) is 1.88. The van der Waals surface area contributed by atoms with Crippen molar-refractivity contribution < 1.29 is 0 Å². The monoisotopic (exact) mass is 220 g/mol. The first kappa shape index (κ1) is 10.8. The molecule has 6 nitrogen and oxygen atoms in total. The summed E-state index contributed by atoms with van der Waals surface area (Å²) in [5.74, 6) is 0.903. The van der Waals surface area contributed by atoms with Gasteiger partial charge in [-0.15, -0.1) is 0 Å². The molecule has 0 bridgehead atoms. The van der Waals surface area contributed by atoms with Crippen LogP contribution in [-0.2, 0) is 20.0 Å². The van der Waals surface area contributed by atoms with Crippen LogP contribution < -0.4 is 5.73 Å². The molecule has 0 saturated carbocycles. The first-order valence-corrected chi connectivity index (χ1v) is 5.32. The van der Waals surface area contributed by atoms with Crippen LogP contribution in [-0.4, -0.2) is 24.5 Å². The molecule has 0 aromatic carbocycles. The summed E-state index contributed by atoms with van der Waals surface area (Å²) in [5, 5.41) is 8.39. The van der Waals surface area contributed by atoms with Crippen LogP contribution in [0.4, 0.5) is 0 Å².